The van der Waals surface area contributed by atoms with E-state index in [1.165, 1.54) is 11.9 Å². The number of sulfonamides is 1. The smallest absolute Gasteiger partial charge is 0.410 e. The number of benzene rings is 1. The molecule has 2 N–H and O–H groups in total. The summed E-state index contributed by atoms with van der Waals surface area (Å²) in [7, 11) is -2.13. The number of nitrogens with zero attached hydrogens (tertiary/aromatic N) is 3. The van der Waals surface area contributed by atoms with E-state index in [2.05, 4.69) is 17.2 Å². The number of likely N-dealkylation sites (tertiary alicyclic amines) is 1. The Morgan fingerprint density at radius 1 is 1.02 bits per heavy atom. The number of unbranched alkanes of at least 4 members (excludes halogenated alkanes) is 1. The van der Waals surface area contributed by atoms with Gasteiger partial charge >= 0.3 is 12.1 Å². The highest BCUT2D eigenvalue weighted by atomic mass is 32.2. The summed E-state index contributed by atoms with van der Waals surface area (Å²) in [5.41, 5.74) is 0.712. The van der Waals surface area contributed by atoms with Gasteiger partial charge in [-0.05, 0) is 41.2 Å². The summed E-state index contributed by atoms with van der Waals surface area (Å²) in [5.74, 6) is -3.08. The van der Waals surface area contributed by atoms with Gasteiger partial charge in [0, 0.05) is 57.9 Å². The fourth-order valence-corrected chi connectivity index (χ4v) is 7.53. The summed E-state index contributed by atoms with van der Waals surface area (Å²) < 4.78 is 31.6. The second kappa shape index (κ2) is 20.0. The predicted molar refractivity (Wildman–Crippen MR) is 219 cm³/mol. The molecule has 1 aromatic carbocycles. The normalized spacial score (nSPS) is 18.9. The number of hydrogen-bond acceptors (Lipinski definition) is 9. The largest absolute Gasteiger partial charge is 0.444 e. The Morgan fingerprint density at radius 2 is 1.67 bits per heavy atom. The summed E-state index contributed by atoms with van der Waals surface area (Å²) >= 11 is 0. The van der Waals surface area contributed by atoms with Crippen LogP contribution in [0, 0.1) is 16.7 Å². The van der Waals surface area contributed by atoms with Crippen LogP contribution in [-0.2, 0) is 46.9 Å². The van der Waals surface area contributed by atoms with Crippen LogP contribution in [0.25, 0.3) is 0 Å². The van der Waals surface area contributed by atoms with Crippen LogP contribution in [0.15, 0.2) is 36.9 Å². The fourth-order valence-electron chi connectivity index (χ4n) is 7.11. The molecule has 4 amide bonds. The zero-order valence-electron chi connectivity index (χ0n) is 35.4. The van der Waals surface area contributed by atoms with Crippen LogP contribution in [0.5, 0.6) is 0 Å². The minimum absolute atomic E-state index is 0.00615. The van der Waals surface area contributed by atoms with E-state index in [0.717, 1.165) is 28.1 Å². The highest BCUT2D eigenvalue weighted by molar-refractivity contribution is 7.88. The quantitative estimate of drug-likeness (QED) is 0.152. The zero-order chi connectivity index (χ0) is 42.9. The minimum atomic E-state index is -3.56. The molecule has 2 unspecified atom stereocenters. The maximum atomic E-state index is 14.7. The van der Waals surface area contributed by atoms with Crippen LogP contribution >= 0.6 is 0 Å². The predicted octanol–water partition coefficient (Wildman–Crippen LogP) is 5.04. The van der Waals surface area contributed by atoms with Crippen molar-refractivity contribution in [1.82, 2.24) is 24.7 Å². The first-order chi connectivity index (χ1) is 26.5. The number of allylic oxidation sites excluding steroid dienone is 1. The molecule has 14 nitrogen and oxygen atoms in total. The molecule has 1 saturated heterocycles. The molecule has 0 aliphatic carbocycles. The minimum Gasteiger partial charge on any atom is -0.444 e. The molecule has 318 valence electrons. The number of ether oxygens (including phenoxy) is 1. The van der Waals surface area contributed by atoms with Crippen molar-refractivity contribution in [2.45, 2.75) is 131 Å². The monoisotopic (exact) mass is 815 g/mol. The first kappa shape index (κ1) is 47.3. The number of hydrogen-bond donors (Lipinski definition) is 2. The van der Waals surface area contributed by atoms with E-state index in [1.807, 2.05) is 52.0 Å². The SMILES string of the molecule is C=CCCC(=O)C(=O)C(CCCC)CC(=O)[C@@H]1CC(OC(=O)N2CCc3ccccc3C2)CN1C(=O)[C@@H](NC(=O)N[C@H](CN(C)S(C)(=O)=O)C(C)(C)C)C(C)(C)C. The lowest BCUT2D eigenvalue weighted by atomic mass is 9.84. The Bertz CT molecular complexity index is 1750. The van der Waals surface area contributed by atoms with E-state index < -0.39 is 86.4 Å². The number of urea groups is 1. The number of carbonyl (C=O) groups excluding carboxylic acids is 6. The number of rotatable bonds is 18. The molecular weight excluding hydrogens is 751 g/mol. The Labute approximate surface area is 339 Å². The molecule has 2 aliphatic rings. The summed E-state index contributed by atoms with van der Waals surface area (Å²) in [4.78, 5) is 85.3. The van der Waals surface area contributed by atoms with E-state index in [1.54, 1.807) is 31.7 Å². The molecule has 0 bridgehead atoms. The van der Waals surface area contributed by atoms with Crippen LogP contribution in [0.1, 0.15) is 105 Å². The summed E-state index contributed by atoms with van der Waals surface area (Å²) in [6.07, 6.45) is 3.57. The summed E-state index contributed by atoms with van der Waals surface area (Å²) in [5, 5.41) is 5.66. The van der Waals surface area contributed by atoms with Crippen molar-refractivity contribution in [2.75, 3.05) is 32.9 Å². The first-order valence-electron chi connectivity index (χ1n) is 20.0. The lowest BCUT2D eigenvalue weighted by Gasteiger charge is -2.37. The van der Waals surface area contributed by atoms with Gasteiger partial charge < -0.3 is 25.2 Å². The number of nitrogens with one attached hydrogen (secondary N) is 2. The average Bonchev–Trinajstić information content (AvgIpc) is 3.55. The third kappa shape index (κ3) is 13.5. The number of fused-ring (bicyclic) bond motifs is 1. The van der Waals surface area contributed by atoms with Gasteiger partial charge in [-0.3, -0.25) is 19.2 Å². The van der Waals surface area contributed by atoms with Gasteiger partial charge in [-0.25, -0.2) is 22.3 Å². The molecule has 5 atom stereocenters. The Hall–Kier alpha value is -4.11. The molecule has 57 heavy (non-hydrogen) atoms. The number of amides is 4. The van der Waals surface area contributed by atoms with Crippen LogP contribution in [-0.4, -0.2) is 115 Å². The summed E-state index contributed by atoms with van der Waals surface area (Å²) in [6, 6.07) is 4.22. The molecule has 2 aliphatic heterocycles. The van der Waals surface area contributed by atoms with Gasteiger partial charge in [-0.15, -0.1) is 6.58 Å². The third-order valence-electron chi connectivity index (χ3n) is 10.9. The van der Waals surface area contributed by atoms with Crippen molar-refractivity contribution in [2.24, 2.45) is 16.7 Å². The fraction of sp³-hybridized carbons (Fsp3) is 0.667. The van der Waals surface area contributed by atoms with E-state index in [-0.39, 0.29) is 32.4 Å². The van der Waals surface area contributed by atoms with E-state index in [0.29, 0.717) is 38.8 Å². The van der Waals surface area contributed by atoms with Gasteiger partial charge in [0.05, 0.1) is 18.8 Å². The second-order valence-corrected chi connectivity index (χ2v) is 19.8. The van der Waals surface area contributed by atoms with Crippen molar-refractivity contribution in [3.05, 3.63) is 48.0 Å². The number of carbonyl (C=O) groups is 6. The molecule has 1 fully saturated rings. The lowest BCUT2D eigenvalue weighted by Crippen LogP contribution is -2.61. The molecule has 3 rings (SSSR count). The Morgan fingerprint density at radius 3 is 2.25 bits per heavy atom. The highest BCUT2D eigenvalue weighted by Gasteiger charge is 2.47. The molecule has 0 spiro atoms. The van der Waals surface area contributed by atoms with E-state index in [4.69, 9.17) is 4.74 Å². The van der Waals surface area contributed by atoms with Crippen molar-refractivity contribution < 1.29 is 41.9 Å². The van der Waals surface area contributed by atoms with E-state index >= 15 is 0 Å². The lowest BCUT2D eigenvalue weighted by molar-refractivity contribution is -0.143. The van der Waals surface area contributed by atoms with Crippen molar-refractivity contribution in [3.8, 4) is 0 Å². The third-order valence-corrected chi connectivity index (χ3v) is 12.2. The molecular formula is C42H65N5O9S. The maximum Gasteiger partial charge on any atom is 0.410 e. The molecule has 0 radical (unpaired) electrons. The van der Waals surface area contributed by atoms with Gasteiger partial charge in [0.2, 0.25) is 21.7 Å². The first-order valence-corrected chi connectivity index (χ1v) is 21.8. The van der Waals surface area contributed by atoms with Gasteiger partial charge in [-0.2, -0.15) is 0 Å². The van der Waals surface area contributed by atoms with Crippen LogP contribution in [0.4, 0.5) is 9.59 Å². The Balaban J connectivity index is 1.92. The standard InChI is InChI=1S/C42H65N5O9S/c1-11-13-17-29(36(50)33(48)20-14-12-2)23-34(49)32-24-31(56-40(53)46-22-21-28-18-15-16-19-30(28)25-46)26-47(32)38(51)37(42(6,7)8)44-39(52)43-35(41(3,4)5)27-45(9)57(10,54)55/h12,15-16,18-19,29,31-32,35,37H,2,11,13-14,17,20-27H2,1,3-10H3,(H2,43,44,52)/t29?,31?,32-,35+,37+/m0/s1. The Kier molecular flexibility index (Phi) is 16.6. The average molecular weight is 816 g/mol. The number of Topliss-reactive ketones (excluding diaryl/α,β-unsaturated/α-hetero) is 3. The van der Waals surface area contributed by atoms with Crippen molar-refractivity contribution in [3.63, 3.8) is 0 Å². The maximum absolute atomic E-state index is 14.7. The molecule has 15 heteroatoms. The molecule has 0 saturated carbocycles. The van der Waals surface area contributed by atoms with Crippen LogP contribution < -0.4 is 10.6 Å². The highest BCUT2D eigenvalue weighted by Crippen LogP contribution is 2.31. The molecule has 2 heterocycles. The van der Waals surface area contributed by atoms with Gasteiger partial charge in [0.1, 0.15) is 12.1 Å². The van der Waals surface area contributed by atoms with Gasteiger partial charge in [-0.1, -0.05) is 91.6 Å². The van der Waals surface area contributed by atoms with Crippen LogP contribution in [0.2, 0.25) is 0 Å². The number of likely N-dealkylation sites (N-methyl/N-ethyl adjacent to an activating group) is 1. The van der Waals surface area contributed by atoms with Gasteiger partial charge in [0.15, 0.2) is 11.6 Å². The van der Waals surface area contributed by atoms with E-state index in [9.17, 15) is 37.2 Å². The van der Waals surface area contributed by atoms with Crippen molar-refractivity contribution in [1.29, 1.82) is 0 Å². The molecule has 0 aromatic heterocycles. The number of ketones is 3. The van der Waals surface area contributed by atoms with Crippen molar-refractivity contribution >= 4 is 45.4 Å². The summed E-state index contributed by atoms with van der Waals surface area (Å²) in [6.45, 7) is 17.1. The van der Waals surface area contributed by atoms with Gasteiger partial charge in [0.25, 0.3) is 0 Å². The van der Waals surface area contributed by atoms with Crippen LogP contribution in [0.3, 0.4) is 0 Å². The molecule has 1 aromatic rings. The zero-order valence-corrected chi connectivity index (χ0v) is 36.2. The second-order valence-electron chi connectivity index (χ2n) is 17.7. The topological polar surface area (TPSA) is 180 Å².